The van der Waals surface area contributed by atoms with Crippen LogP contribution in [0.4, 0.5) is 0 Å². The third-order valence-corrected chi connectivity index (χ3v) is 8.13. The predicted octanol–water partition coefficient (Wildman–Crippen LogP) is 9.21. The average Bonchev–Trinajstić information content (AvgIpc) is 3.13. The highest BCUT2D eigenvalue weighted by Crippen LogP contribution is 2.37. The third kappa shape index (κ3) is 5.26. The summed E-state index contributed by atoms with van der Waals surface area (Å²) < 4.78 is 10.8. The van der Waals surface area contributed by atoms with Gasteiger partial charge in [0.1, 0.15) is 11.5 Å². The number of benzene rings is 5. The van der Waals surface area contributed by atoms with E-state index in [2.05, 4.69) is 30.3 Å². The fourth-order valence-electron chi connectivity index (χ4n) is 5.74. The molecule has 0 saturated heterocycles. The van der Waals surface area contributed by atoms with Crippen molar-refractivity contribution in [3.63, 3.8) is 0 Å². The number of rotatable bonds is 6. The molecule has 46 heavy (non-hydrogen) atoms. The fraction of sp³-hybridized carbons (Fsp3) is 0.0500. The van der Waals surface area contributed by atoms with Crippen LogP contribution in [0.3, 0.4) is 0 Å². The second kappa shape index (κ2) is 11.9. The quantitative estimate of drug-likeness (QED) is 0.191. The zero-order chi connectivity index (χ0) is 31.6. The molecular formula is C40H26N4O2. The van der Waals surface area contributed by atoms with Crippen LogP contribution in [0.2, 0.25) is 0 Å². The maximum absolute atomic E-state index is 9.59. The van der Waals surface area contributed by atoms with Crippen molar-refractivity contribution in [2.75, 3.05) is 14.2 Å². The molecule has 0 amide bonds. The summed E-state index contributed by atoms with van der Waals surface area (Å²) in [5, 5.41) is 21.0. The van der Waals surface area contributed by atoms with Gasteiger partial charge in [-0.25, -0.2) is 9.97 Å². The average molecular weight is 595 g/mol. The van der Waals surface area contributed by atoms with Crippen LogP contribution in [0.25, 0.3) is 66.6 Å². The Morgan fingerprint density at radius 3 is 1.30 bits per heavy atom. The summed E-state index contributed by atoms with van der Waals surface area (Å²) >= 11 is 0. The smallest absolute Gasteiger partial charge is 0.118 e. The molecule has 218 valence electrons. The Kier molecular flexibility index (Phi) is 7.31. The Hall–Kier alpha value is -6.50. The highest BCUT2D eigenvalue weighted by atomic mass is 16.5. The summed E-state index contributed by atoms with van der Waals surface area (Å²) in [6.07, 6.45) is 0. The van der Waals surface area contributed by atoms with Gasteiger partial charge in [-0.2, -0.15) is 10.5 Å². The van der Waals surface area contributed by atoms with E-state index in [0.29, 0.717) is 11.1 Å². The lowest BCUT2D eigenvalue weighted by Crippen LogP contribution is -1.93. The summed E-state index contributed by atoms with van der Waals surface area (Å²) in [5.41, 5.74) is 10.2. The van der Waals surface area contributed by atoms with Gasteiger partial charge in [0.15, 0.2) is 0 Å². The number of ether oxygens (including phenoxy) is 2. The number of hydrogen-bond donors (Lipinski definition) is 0. The molecule has 0 spiro atoms. The van der Waals surface area contributed by atoms with E-state index in [9.17, 15) is 10.5 Å². The second-order valence-electron chi connectivity index (χ2n) is 10.8. The minimum atomic E-state index is 0.579. The molecule has 7 rings (SSSR count). The molecule has 0 aliphatic heterocycles. The first kappa shape index (κ1) is 28.3. The minimum absolute atomic E-state index is 0.579. The van der Waals surface area contributed by atoms with Gasteiger partial charge in [-0.05, 0) is 101 Å². The first-order chi connectivity index (χ1) is 22.6. The summed E-state index contributed by atoms with van der Waals surface area (Å²) in [5.74, 6) is 1.54. The normalized spacial score (nSPS) is 10.8. The molecule has 2 aromatic heterocycles. The molecule has 5 aromatic carbocycles. The molecule has 0 atom stereocenters. The van der Waals surface area contributed by atoms with Crippen molar-refractivity contribution in [3.05, 3.63) is 132 Å². The molecule has 0 aliphatic carbocycles. The molecular weight excluding hydrogens is 568 g/mol. The predicted molar refractivity (Wildman–Crippen MR) is 181 cm³/mol. The molecule has 0 unspecified atom stereocenters. The van der Waals surface area contributed by atoms with E-state index in [1.54, 1.807) is 26.4 Å². The molecule has 0 radical (unpaired) electrons. The summed E-state index contributed by atoms with van der Waals surface area (Å²) in [4.78, 5) is 10.1. The minimum Gasteiger partial charge on any atom is -0.497 e. The molecule has 6 heteroatoms. The van der Waals surface area contributed by atoms with Gasteiger partial charge >= 0.3 is 0 Å². The molecule has 0 bridgehead atoms. The van der Waals surface area contributed by atoms with Gasteiger partial charge in [0.25, 0.3) is 0 Å². The van der Waals surface area contributed by atoms with Crippen molar-refractivity contribution >= 4 is 21.8 Å². The lowest BCUT2D eigenvalue weighted by Gasteiger charge is -2.13. The van der Waals surface area contributed by atoms with E-state index in [1.165, 1.54) is 0 Å². The van der Waals surface area contributed by atoms with Crippen LogP contribution in [0, 0.1) is 22.7 Å². The molecule has 0 saturated carbocycles. The van der Waals surface area contributed by atoms with E-state index in [-0.39, 0.29) is 0 Å². The van der Waals surface area contributed by atoms with E-state index in [4.69, 9.17) is 19.4 Å². The van der Waals surface area contributed by atoms with E-state index < -0.39 is 0 Å². The molecule has 0 N–H and O–H groups in total. The van der Waals surface area contributed by atoms with Crippen LogP contribution in [-0.2, 0) is 0 Å². The van der Waals surface area contributed by atoms with Crippen molar-refractivity contribution in [3.8, 4) is 68.4 Å². The highest BCUT2D eigenvalue weighted by molar-refractivity contribution is 5.99. The first-order valence-corrected chi connectivity index (χ1v) is 14.7. The van der Waals surface area contributed by atoms with Gasteiger partial charge in [0, 0.05) is 21.9 Å². The van der Waals surface area contributed by atoms with Gasteiger partial charge in [-0.3, -0.25) is 0 Å². The Morgan fingerprint density at radius 2 is 0.913 bits per heavy atom. The Morgan fingerprint density at radius 1 is 0.478 bits per heavy atom. The number of methoxy groups -OCH3 is 2. The number of nitriles is 2. The second-order valence-corrected chi connectivity index (χ2v) is 10.8. The Labute approximate surface area is 266 Å². The van der Waals surface area contributed by atoms with Crippen molar-refractivity contribution in [1.82, 2.24) is 9.97 Å². The maximum atomic E-state index is 9.59. The highest BCUT2D eigenvalue weighted by Gasteiger charge is 2.14. The number of pyridine rings is 2. The molecule has 2 heterocycles. The first-order valence-electron chi connectivity index (χ1n) is 14.7. The molecule has 6 nitrogen and oxygen atoms in total. The number of aromatic nitrogens is 2. The summed E-state index contributed by atoms with van der Waals surface area (Å²) in [6, 6.07) is 43.8. The molecule has 0 aliphatic rings. The van der Waals surface area contributed by atoms with Crippen molar-refractivity contribution < 1.29 is 9.47 Å². The lowest BCUT2D eigenvalue weighted by atomic mass is 9.95. The summed E-state index contributed by atoms with van der Waals surface area (Å²) in [6.45, 7) is 0. The SMILES string of the molecule is COc1ccc(-c2cc(-c3cccc(-c4cc(-c5ccc(OC)cc5)c5cc(C#N)ccc5n4)c3)nc3ccc(C#N)cc23)cc1. The van der Waals surface area contributed by atoms with Gasteiger partial charge in [0.2, 0.25) is 0 Å². The maximum Gasteiger partial charge on any atom is 0.118 e. The number of nitrogens with zero attached hydrogens (tertiary/aromatic N) is 4. The Bertz CT molecular complexity index is 2190. The summed E-state index contributed by atoms with van der Waals surface area (Å²) in [7, 11) is 3.30. The van der Waals surface area contributed by atoms with Crippen molar-refractivity contribution in [1.29, 1.82) is 10.5 Å². The monoisotopic (exact) mass is 594 g/mol. The third-order valence-electron chi connectivity index (χ3n) is 8.13. The van der Waals surface area contributed by atoms with Crippen LogP contribution in [-0.4, -0.2) is 24.2 Å². The number of fused-ring (bicyclic) bond motifs is 2. The van der Waals surface area contributed by atoms with Gasteiger partial charge in [0.05, 0.1) is 59.9 Å². The van der Waals surface area contributed by atoms with Gasteiger partial charge < -0.3 is 9.47 Å². The lowest BCUT2D eigenvalue weighted by molar-refractivity contribution is 0.415. The largest absolute Gasteiger partial charge is 0.497 e. The fourth-order valence-corrected chi connectivity index (χ4v) is 5.74. The van der Waals surface area contributed by atoms with Gasteiger partial charge in [-0.15, -0.1) is 0 Å². The van der Waals surface area contributed by atoms with Crippen molar-refractivity contribution in [2.45, 2.75) is 0 Å². The van der Waals surface area contributed by atoms with Crippen LogP contribution < -0.4 is 9.47 Å². The van der Waals surface area contributed by atoms with Crippen molar-refractivity contribution in [2.24, 2.45) is 0 Å². The zero-order valence-corrected chi connectivity index (χ0v) is 25.2. The topological polar surface area (TPSA) is 91.8 Å². The van der Waals surface area contributed by atoms with Crippen LogP contribution in [0.15, 0.2) is 121 Å². The van der Waals surface area contributed by atoms with Crippen LogP contribution in [0.5, 0.6) is 11.5 Å². The zero-order valence-electron chi connectivity index (χ0n) is 25.2. The van der Waals surface area contributed by atoms with Crippen LogP contribution >= 0.6 is 0 Å². The Balaban J connectivity index is 1.39. The molecule has 0 fully saturated rings. The van der Waals surface area contributed by atoms with E-state index >= 15 is 0 Å². The van der Waals surface area contributed by atoms with Crippen LogP contribution in [0.1, 0.15) is 11.1 Å². The van der Waals surface area contributed by atoms with Gasteiger partial charge in [-0.1, -0.05) is 42.5 Å². The standard InChI is InChI=1S/C40H26N4O2/c1-45-31-12-8-27(9-13-31)33-21-39(43-37-16-6-25(23-41)18-35(33)37)29-4-3-5-30(20-29)40-22-34(28-10-14-32(46-2)15-11-28)36-19-26(24-42)7-17-38(36)44-40/h3-22H,1-2H3. The molecule has 7 aromatic rings. The van der Waals surface area contributed by atoms with E-state index in [0.717, 1.165) is 78.1 Å². The number of hydrogen-bond acceptors (Lipinski definition) is 6. The van der Waals surface area contributed by atoms with E-state index in [1.807, 2.05) is 91.0 Å².